The lowest BCUT2D eigenvalue weighted by Gasteiger charge is -2.22. The molecule has 1 atom stereocenters. The molecule has 0 amide bonds. The van der Waals surface area contributed by atoms with Crippen LogP contribution in [0.1, 0.15) is 30.9 Å². The van der Waals surface area contributed by atoms with Crippen molar-refractivity contribution >= 4 is 0 Å². The van der Waals surface area contributed by atoms with Crippen molar-refractivity contribution in [2.45, 2.75) is 25.4 Å². The van der Waals surface area contributed by atoms with Gasteiger partial charge in [0.2, 0.25) is 0 Å². The second kappa shape index (κ2) is 4.64. The standard InChI is InChI=1S/C13H13NO/c1-3-4-9-13(2,15)12-7-5-11(10-14)6-8-12/h1,5-8,15H,4,9H2,2H3. The Balaban J connectivity index is 2.87. The summed E-state index contributed by atoms with van der Waals surface area (Å²) < 4.78 is 0. The molecule has 0 bridgehead atoms. The van der Waals surface area contributed by atoms with Gasteiger partial charge >= 0.3 is 0 Å². The molecular weight excluding hydrogens is 186 g/mol. The number of rotatable bonds is 3. The van der Waals surface area contributed by atoms with E-state index in [0.717, 1.165) is 5.56 Å². The van der Waals surface area contributed by atoms with Crippen LogP contribution in [0.25, 0.3) is 0 Å². The van der Waals surface area contributed by atoms with Crippen LogP contribution >= 0.6 is 0 Å². The molecule has 0 radical (unpaired) electrons. The second-order valence-corrected chi connectivity index (χ2v) is 3.67. The molecule has 2 heteroatoms. The van der Waals surface area contributed by atoms with Crippen molar-refractivity contribution in [2.75, 3.05) is 0 Å². The second-order valence-electron chi connectivity index (χ2n) is 3.67. The Kier molecular flexibility index (Phi) is 3.50. The van der Waals surface area contributed by atoms with E-state index in [-0.39, 0.29) is 0 Å². The molecule has 2 nitrogen and oxygen atoms in total. The fourth-order valence-electron chi connectivity index (χ4n) is 1.36. The zero-order valence-electron chi connectivity index (χ0n) is 8.70. The number of hydrogen-bond donors (Lipinski definition) is 1. The van der Waals surface area contributed by atoms with Gasteiger partial charge in [0.05, 0.1) is 17.2 Å². The Morgan fingerprint density at radius 1 is 1.40 bits per heavy atom. The molecule has 0 aliphatic heterocycles. The van der Waals surface area contributed by atoms with Crippen LogP contribution in [0.4, 0.5) is 0 Å². The first-order valence-corrected chi connectivity index (χ1v) is 4.76. The summed E-state index contributed by atoms with van der Waals surface area (Å²) in [6.45, 7) is 1.73. The molecule has 0 aliphatic carbocycles. The molecule has 1 N–H and O–H groups in total. The van der Waals surface area contributed by atoms with Crippen molar-refractivity contribution in [3.8, 4) is 18.4 Å². The van der Waals surface area contributed by atoms with E-state index in [1.807, 2.05) is 6.07 Å². The average molecular weight is 199 g/mol. The van der Waals surface area contributed by atoms with Gasteiger partial charge in [-0.25, -0.2) is 0 Å². The molecule has 1 unspecified atom stereocenters. The lowest BCUT2D eigenvalue weighted by molar-refractivity contribution is 0.0494. The van der Waals surface area contributed by atoms with Crippen LogP contribution < -0.4 is 0 Å². The lowest BCUT2D eigenvalue weighted by atomic mass is 9.91. The number of nitrogens with zero attached hydrogens (tertiary/aromatic N) is 1. The van der Waals surface area contributed by atoms with Crippen molar-refractivity contribution in [1.82, 2.24) is 0 Å². The first kappa shape index (κ1) is 11.3. The minimum absolute atomic E-state index is 0.523. The highest BCUT2D eigenvalue weighted by atomic mass is 16.3. The van der Waals surface area contributed by atoms with Crippen LogP contribution in [0.2, 0.25) is 0 Å². The molecule has 1 rings (SSSR count). The van der Waals surface area contributed by atoms with E-state index < -0.39 is 5.60 Å². The van der Waals surface area contributed by atoms with Gasteiger partial charge in [0.15, 0.2) is 0 Å². The quantitative estimate of drug-likeness (QED) is 0.758. The molecule has 0 fully saturated rings. The van der Waals surface area contributed by atoms with E-state index >= 15 is 0 Å². The Morgan fingerprint density at radius 2 is 2.00 bits per heavy atom. The molecule has 1 aromatic carbocycles. The highest BCUT2D eigenvalue weighted by molar-refractivity contribution is 5.33. The molecule has 1 aromatic rings. The average Bonchev–Trinajstić information content (AvgIpc) is 2.26. The van der Waals surface area contributed by atoms with Gasteiger partial charge in [-0.3, -0.25) is 0 Å². The summed E-state index contributed by atoms with van der Waals surface area (Å²) in [5.41, 5.74) is 0.462. The van der Waals surface area contributed by atoms with Gasteiger partial charge < -0.3 is 5.11 Å². The first-order chi connectivity index (χ1) is 7.10. The summed E-state index contributed by atoms with van der Waals surface area (Å²) >= 11 is 0. The molecule has 0 aliphatic rings. The van der Waals surface area contributed by atoms with E-state index in [1.165, 1.54) is 0 Å². The summed E-state index contributed by atoms with van der Waals surface area (Å²) in [6, 6.07) is 8.94. The molecular formula is C13H13NO. The number of benzene rings is 1. The van der Waals surface area contributed by atoms with Gasteiger partial charge in [-0.2, -0.15) is 5.26 Å². The van der Waals surface area contributed by atoms with Crippen molar-refractivity contribution in [3.63, 3.8) is 0 Å². The monoisotopic (exact) mass is 199 g/mol. The smallest absolute Gasteiger partial charge is 0.0991 e. The van der Waals surface area contributed by atoms with Crippen LogP contribution in [0.5, 0.6) is 0 Å². The number of nitriles is 1. The Labute approximate surface area is 90.2 Å². The predicted molar refractivity (Wildman–Crippen MR) is 58.8 cm³/mol. The lowest BCUT2D eigenvalue weighted by Crippen LogP contribution is -2.20. The SMILES string of the molecule is C#CCCC(C)(O)c1ccc(C#N)cc1. The van der Waals surface area contributed by atoms with E-state index in [4.69, 9.17) is 11.7 Å². The Bertz CT molecular complexity index is 404. The van der Waals surface area contributed by atoms with Crippen LogP contribution in [0.3, 0.4) is 0 Å². The third-order valence-corrected chi connectivity index (χ3v) is 2.39. The summed E-state index contributed by atoms with van der Waals surface area (Å²) in [4.78, 5) is 0. The normalized spacial score (nSPS) is 13.6. The first-order valence-electron chi connectivity index (χ1n) is 4.76. The number of hydrogen-bond acceptors (Lipinski definition) is 2. The maximum absolute atomic E-state index is 10.1. The van der Waals surface area contributed by atoms with E-state index in [1.54, 1.807) is 31.2 Å². The third kappa shape index (κ3) is 2.84. The van der Waals surface area contributed by atoms with Crippen molar-refractivity contribution < 1.29 is 5.11 Å². The van der Waals surface area contributed by atoms with Crippen LogP contribution in [-0.4, -0.2) is 5.11 Å². The maximum atomic E-state index is 10.1. The summed E-state index contributed by atoms with van der Waals surface area (Å²) in [6.07, 6.45) is 6.21. The molecule has 0 heterocycles. The topological polar surface area (TPSA) is 44.0 Å². The van der Waals surface area contributed by atoms with Crippen LogP contribution in [-0.2, 0) is 5.60 Å². The van der Waals surface area contributed by atoms with Gasteiger partial charge in [0.25, 0.3) is 0 Å². The highest BCUT2D eigenvalue weighted by Gasteiger charge is 2.21. The number of terminal acetylenes is 1. The molecule has 15 heavy (non-hydrogen) atoms. The van der Waals surface area contributed by atoms with Gasteiger partial charge in [0.1, 0.15) is 0 Å². The van der Waals surface area contributed by atoms with Crippen molar-refractivity contribution in [2.24, 2.45) is 0 Å². The summed E-state index contributed by atoms with van der Waals surface area (Å²) in [5.74, 6) is 2.50. The van der Waals surface area contributed by atoms with Gasteiger partial charge in [-0.1, -0.05) is 12.1 Å². The third-order valence-electron chi connectivity index (χ3n) is 2.39. The van der Waals surface area contributed by atoms with Crippen molar-refractivity contribution in [1.29, 1.82) is 5.26 Å². The molecule has 0 aromatic heterocycles. The van der Waals surface area contributed by atoms with Crippen LogP contribution in [0, 0.1) is 23.7 Å². The van der Waals surface area contributed by atoms with Gasteiger partial charge in [-0.15, -0.1) is 12.3 Å². The Morgan fingerprint density at radius 3 is 2.47 bits per heavy atom. The van der Waals surface area contributed by atoms with Gasteiger partial charge in [-0.05, 0) is 31.0 Å². The zero-order chi connectivity index (χ0) is 11.3. The number of aliphatic hydroxyl groups is 1. The van der Waals surface area contributed by atoms with E-state index in [2.05, 4.69) is 5.92 Å². The summed E-state index contributed by atoms with van der Waals surface area (Å²) in [5, 5.41) is 18.7. The van der Waals surface area contributed by atoms with Crippen LogP contribution in [0.15, 0.2) is 24.3 Å². The molecule has 0 saturated carbocycles. The maximum Gasteiger partial charge on any atom is 0.0991 e. The molecule has 0 saturated heterocycles. The molecule has 76 valence electrons. The van der Waals surface area contributed by atoms with E-state index in [9.17, 15) is 5.11 Å². The minimum Gasteiger partial charge on any atom is -0.385 e. The largest absolute Gasteiger partial charge is 0.385 e. The summed E-state index contributed by atoms with van der Waals surface area (Å²) in [7, 11) is 0. The minimum atomic E-state index is -0.916. The molecule has 0 spiro atoms. The Hall–Kier alpha value is -1.77. The van der Waals surface area contributed by atoms with E-state index in [0.29, 0.717) is 18.4 Å². The zero-order valence-corrected chi connectivity index (χ0v) is 8.70. The predicted octanol–water partition coefficient (Wildman–Crippen LogP) is 2.18. The fraction of sp³-hybridized carbons (Fsp3) is 0.308. The van der Waals surface area contributed by atoms with Gasteiger partial charge in [0, 0.05) is 6.42 Å². The fourth-order valence-corrected chi connectivity index (χ4v) is 1.36. The van der Waals surface area contributed by atoms with Crippen molar-refractivity contribution in [3.05, 3.63) is 35.4 Å². The highest BCUT2D eigenvalue weighted by Crippen LogP contribution is 2.25.